The van der Waals surface area contributed by atoms with Crippen LogP contribution in [-0.4, -0.2) is 30.4 Å². The molecule has 0 spiro atoms. The highest BCUT2D eigenvalue weighted by atomic mass is 35.5. The third kappa shape index (κ3) is 4.48. The van der Waals surface area contributed by atoms with Crippen LogP contribution >= 0.6 is 11.6 Å². The minimum Gasteiger partial charge on any atom is -0.342 e. The summed E-state index contributed by atoms with van der Waals surface area (Å²) in [7, 11) is 1.70. The maximum atomic E-state index is 13.0. The first-order chi connectivity index (χ1) is 8.82. The van der Waals surface area contributed by atoms with E-state index < -0.39 is 5.82 Å². The Morgan fingerprint density at radius 3 is 2.63 bits per heavy atom. The van der Waals surface area contributed by atoms with Crippen LogP contribution in [0.2, 0.25) is 5.02 Å². The molecule has 5 heteroatoms. The summed E-state index contributed by atoms with van der Waals surface area (Å²) in [5.74, 6) is -0.329. The first-order valence-corrected chi connectivity index (χ1v) is 6.66. The van der Waals surface area contributed by atoms with Crippen molar-refractivity contribution >= 4 is 17.5 Å². The molecule has 0 fully saturated rings. The number of benzene rings is 1. The summed E-state index contributed by atoms with van der Waals surface area (Å²) in [5.41, 5.74) is 6.32. The van der Waals surface area contributed by atoms with Crippen LogP contribution in [0.15, 0.2) is 18.2 Å². The molecule has 1 aromatic rings. The van der Waals surface area contributed by atoms with E-state index in [1.807, 2.05) is 13.8 Å². The summed E-state index contributed by atoms with van der Waals surface area (Å²) in [6.07, 6.45) is 0.731. The SMILES string of the molecule is CC(C)C(N)CCN(C)C(=O)c1ccc(F)c(Cl)c1. The zero-order chi connectivity index (χ0) is 14.6. The van der Waals surface area contributed by atoms with Crippen LogP contribution in [-0.2, 0) is 0 Å². The van der Waals surface area contributed by atoms with Crippen LogP contribution in [0.3, 0.4) is 0 Å². The molecular weight excluding hydrogens is 267 g/mol. The van der Waals surface area contributed by atoms with Crippen LogP contribution in [0.5, 0.6) is 0 Å². The van der Waals surface area contributed by atoms with E-state index in [1.54, 1.807) is 11.9 Å². The average molecular weight is 287 g/mol. The van der Waals surface area contributed by atoms with Gasteiger partial charge in [-0.05, 0) is 30.5 Å². The van der Waals surface area contributed by atoms with Crippen molar-refractivity contribution in [1.82, 2.24) is 4.90 Å². The molecule has 1 atom stereocenters. The molecule has 0 aliphatic carbocycles. The van der Waals surface area contributed by atoms with E-state index in [0.29, 0.717) is 18.0 Å². The van der Waals surface area contributed by atoms with Gasteiger partial charge in [-0.3, -0.25) is 4.79 Å². The van der Waals surface area contributed by atoms with Gasteiger partial charge in [0.1, 0.15) is 5.82 Å². The molecule has 19 heavy (non-hydrogen) atoms. The fourth-order valence-corrected chi connectivity index (χ4v) is 1.81. The number of carbonyl (C=O) groups is 1. The van der Waals surface area contributed by atoms with E-state index in [4.69, 9.17) is 17.3 Å². The summed E-state index contributed by atoms with van der Waals surface area (Å²) < 4.78 is 13.0. The Morgan fingerprint density at radius 2 is 2.11 bits per heavy atom. The second-order valence-electron chi connectivity index (χ2n) is 5.05. The smallest absolute Gasteiger partial charge is 0.253 e. The second kappa shape index (κ2) is 6.87. The van der Waals surface area contributed by atoms with E-state index in [9.17, 15) is 9.18 Å². The van der Waals surface area contributed by atoms with Gasteiger partial charge in [-0.1, -0.05) is 25.4 Å². The van der Waals surface area contributed by atoms with E-state index in [0.717, 1.165) is 6.42 Å². The molecule has 1 aromatic carbocycles. The van der Waals surface area contributed by atoms with Gasteiger partial charge in [0.2, 0.25) is 0 Å². The predicted octanol–water partition coefficient (Wildman–Crippen LogP) is 2.92. The Labute approximate surface area is 118 Å². The Morgan fingerprint density at radius 1 is 1.47 bits per heavy atom. The molecule has 0 aliphatic heterocycles. The van der Waals surface area contributed by atoms with Crippen LogP contribution < -0.4 is 5.73 Å². The molecular formula is C14H20ClFN2O. The summed E-state index contributed by atoms with van der Waals surface area (Å²) in [5, 5.41) is -0.0434. The molecule has 0 radical (unpaired) electrons. The van der Waals surface area contributed by atoms with Crippen molar-refractivity contribution in [3.05, 3.63) is 34.6 Å². The first kappa shape index (κ1) is 15.9. The van der Waals surface area contributed by atoms with Crippen LogP contribution in [0, 0.1) is 11.7 Å². The van der Waals surface area contributed by atoms with Crippen molar-refractivity contribution in [2.45, 2.75) is 26.3 Å². The number of hydrogen-bond acceptors (Lipinski definition) is 2. The molecule has 0 bridgehead atoms. The van der Waals surface area contributed by atoms with Gasteiger partial charge in [0.15, 0.2) is 0 Å². The molecule has 106 valence electrons. The van der Waals surface area contributed by atoms with Crippen LogP contribution in [0.1, 0.15) is 30.6 Å². The fraction of sp³-hybridized carbons (Fsp3) is 0.500. The molecule has 0 aliphatic rings. The van der Waals surface area contributed by atoms with Crippen molar-refractivity contribution < 1.29 is 9.18 Å². The van der Waals surface area contributed by atoms with Crippen LogP contribution in [0.4, 0.5) is 4.39 Å². The highest BCUT2D eigenvalue weighted by Crippen LogP contribution is 2.17. The van der Waals surface area contributed by atoms with Gasteiger partial charge in [-0.25, -0.2) is 4.39 Å². The van der Waals surface area contributed by atoms with Crippen molar-refractivity contribution in [3.8, 4) is 0 Å². The number of halogens is 2. The second-order valence-corrected chi connectivity index (χ2v) is 5.46. The molecule has 2 N–H and O–H groups in total. The average Bonchev–Trinajstić information content (AvgIpc) is 2.37. The third-order valence-electron chi connectivity index (χ3n) is 3.17. The minimum absolute atomic E-state index is 0.0434. The lowest BCUT2D eigenvalue weighted by molar-refractivity contribution is 0.0789. The maximum Gasteiger partial charge on any atom is 0.253 e. The summed E-state index contributed by atoms with van der Waals surface area (Å²) in [6, 6.07) is 4.04. The van der Waals surface area contributed by atoms with Crippen molar-refractivity contribution in [2.24, 2.45) is 11.7 Å². The van der Waals surface area contributed by atoms with Gasteiger partial charge < -0.3 is 10.6 Å². The zero-order valence-electron chi connectivity index (χ0n) is 11.5. The lowest BCUT2D eigenvalue weighted by Gasteiger charge is -2.21. The summed E-state index contributed by atoms with van der Waals surface area (Å²) >= 11 is 5.67. The number of nitrogens with zero attached hydrogens (tertiary/aromatic N) is 1. The molecule has 0 heterocycles. The lowest BCUT2D eigenvalue weighted by atomic mass is 10.0. The quantitative estimate of drug-likeness (QED) is 0.905. The molecule has 0 saturated carbocycles. The molecule has 1 unspecified atom stereocenters. The normalized spacial score (nSPS) is 12.6. The predicted molar refractivity (Wildman–Crippen MR) is 75.8 cm³/mol. The van der Waals surface area contributed by atoms with Gasteiger partial charge in [0.05, 0.1) is 5.02 Å². The topological polar surface area (TPSA) is 46.3 Å². The van der Waals surface area contributed by atoms with Crippen molar-refractivity contribution in [1.29, 1.82) is 0 Å². The van der Waals surface area contributed by atoms with Crippen molar-refractivity contribution in [2.75, 3.05) is 13.6 Å². The van der Waals surface area contributed by atoms with Crippen LogP contribution in [0.25, 0.3) is 0 Å². The molecule has 1 rings (SSSR count). The van der Waals surface area contributed by atoms with E-state index >= 15 is 0 Å². The summed E-state index contributed by atoms with van der Waals surface area (Å²) in [6.45, 7) is 4.66. The van der Waals surface area contributed by atoms with Gasteiger partial charge >= 0.3 is 0 Å². The highest BCUT2D eigenvalue weighted by molar-refractivity contribution is 6.31. The third-order valence-corrected chi connectivity index (χ3v) is 3.46. The number of amides is 1. The zero-order valence-corrected chi connectivity index (χ0v) is 12.2. The van der Waals surface area contributed by atoms with E-state index in [-0.39, 0.29) is 17.0 Å². The summed E-state index contributed by atoms with van der Waals surface area (Å²) in [4.78, 5) is 13.7. The first-order valence-electron chi connectivity index (χ1n) is 6.29. The van der Waals surface area contributed by atoms with Crippen molar-refractivity contribution in [3.63, 3.8) is 0 Å². The molecule has 0 aromatic heterocycles. The van der Waals surface area contributed by atoms with E-state index in [2.05, 4.69) is 0 Å². The number of rotatable bonds is 5. The van der Waals surface area contributed by atoms with E-state index in [1.165, 1.54) is 18.2 Å². The fourth-order valence-electron chi connectivity index (χ4n) is 1.63. The number of hydrogen-bond donors (Lipinski definition) is 1. The maximum absolute atomic E-state index is 13.0. The molecule has 1 amide bonds. The highest BCUT2D eigenvalue weighted by Gasteiger charge is 2.15. The minimum atomic E-state index is -0.525. The Bertz CT molecular complexity index is 451. The number of carbonyl (C=O) groups excluding carboxylic acids is 1. The lowest BCUT2D eigenvalue weighted by Crippen LogP contribution is -2.34. The standard InChI is InChI=1S/C14H20ClFN2O/c1-9(2)13(17)6-7-18(3)14(19)10-4-5-12(16)11(15)8-10/h4-5,8-9,13H,6-7,17H2,1-3H3. The Kier molecular flexibility index (Phi) is 5.76. The van der Waals surface area contributed by atoms with Gasteiger partial charge in [0.25, 0.3) is 5.91 Å². The Hall–Kier alpha value is -1.13. The largest absolute Gasteiger partial charge is 0.342 e. The van der Waals surface area contributed by atoms with Gasteiger partial charge in [0, 0.05) is 25.2 Å². The Balaban J connectivity index is 2.64. The molecule has 0 saturated heterocycles. The molecule has 3 nitrogen and oxygen atoms in total. The monoisotopic (exact) mass is 286 g/mol. The number of nitrogens with two attached hydrogens (primary N) is 1. The van der Waals surface area contributed by atoms with Gasteiger partial charge in [-0.15, -0.1) is 0 Å². The van der Waals surface area contributed by atoms with Gasteiger partial charge in [-0.2, -0.15) is 0 Å².